The van der Waals surface area contributed by atoms with Crippen molar-refractivity contribution < 1.29 is 30.0 Å². The molecule has 56 heavy (non-hydrogen) atoms. The van der Waals surface area contributed by atoms with Crippen LogP contribution in [-0.4, -0.2) is 16.5 Å². The van der Waals surface area contributed by atoms with Crippen LogP contribution in [0.1, 0.15) is 24.3 Å². The van der Waals surface area contributed by atoms with Crippen LogP contribution in [0.25, 0.3) is 22.1 Å². The summed E-state index contributed by atoms with van der Waals surface area (Å²) < 4.78 is 13.8. The molecule has 1 atom stereocenters. The van der Waals surface area contributed by atoms with Crippen LogP contribution < -0.4 is 35.0 Å². The van der Waals surface area contributed by atoms with Crippen LogP contribution in [0.3, 0.4) is 0 Å². The molecule has 0 radical (unpaired) electrons. The van der Waals surface area contributed by atoms with Crippen molar-refractivity contribution in [3.63, 3.8) is 0 Å². The van der Waals surface area contributed by atoms with Gasteiger partial charge in [-0.15, -0.1) is 23.6 Å². The fourth-order valence-electron chi connectivity index (χ4n) is 8.89. The topological polar surface area (TPSA) is 57.8 Å². The minimum atomic E-state index is -1.57. The molecule has 0 spiro atoms. The quantitative estimate of drug-likeness (QED) is 0.106. The number of allylic oxidation sites excluding steroid dienone is 6. The fourth-order valence-corrected chi connectivity index (χ4v) is 11.6. The third-order valence-electron chi connectivity index (χ3n) is 11.4. The number of para-hydroxylation sites is 2. The van der Waals surface area contributed by atoms with E-state index in [1.54, 1.807) is 0 Å². The van der Waals surface area contributed by atoms with Crippen molar-refractivity contribution in [2.24, 2.45) is 14.1 Å². The number of aromatic nitrogens is 3. The molecule has 11 rings (SSSR count). The third kappa shape index (κ3) is 5.27. The van der Waals surface area contributed by atoms with Gasteiger partial charge in [-0.3, -0.25) is 4.67 Å². The number of furan rings is 1. The number of rotatable bonds is 5. The van der Waals surface area contributed by atoms with Crippen LogP contribution in [0.5, 0.6) is 0 Å². The van der Waals surface area contributed by atoms with Crippen LogP contribution in [0.4, 0.5) is 28.6 Å². The molecule has 7 aromatic rings. The Morgan fingerprint density at radius 3 is 2.43 bits per heavy atom. The molecule has 0 bridgehead atoms. The van der Waals surface area contributed by atoms with Crippen molar-refractivity contribution in [2.45, 2.75) is 18.8 Å². The van der Waals surface area contributed by atoms with Crippen LogP contribution in [-0.2, 0) is 35.2 Å². The van der Waals surface area contributed by atoms with Crippen molar-refractivity contribution >= 4 is 69.4 Å². The summed E-state index contributed by atoms with van der Waals surface area (Å²) in [6, 6.07) is 38.7. The summed E-state index contributed by atoms with van der Waals surface area (Å²) >= 11 is 0. The minimum absolute atomic E-state index is 0. The van der Waals surface area contributed by atoms with Gasteiger partial charge in [-0.1, -0.05) is 78.1 Å². The summed E-state index contributed by atoms with van der Waals surface area (Å²) in [7, 11) is 4.77. The van der Waals surface area contributed by atoms with E-state index in [4.69, 9.17) is 9.40 Å². The number of hydrogen-bond acceptors (Lipinski definition) is 5. The van der Waals surface area contributed by atoms with E-state index in [0.29, 0.717) is 5.88 Å². The second kappa shape index (κ2) is 13.5. The summed E-state index contributed by atoms with van der Waals surface area (Å²) in [5, 5.41) is 7.34. The summed E-state index contributed by atoms with van der Waals surface area (Å²) in [5.74, 6) is 0.703. The first kappa shape index (κ1) is 34.8. The van der Waals surface area contributed by atoms with Gasteiger partial charge in [0.25, 0.3) is 0 Å². The predicted octanol–water partition coefficient (Wildman–Crippen LogP) is 8.56. The molecule has 0 saturated carbocycles. The van der Waals surface area contributed by atoms with Gasteiger partial charge in [-0.05, 0) is 73.8 Å². The van der Waals surface area contributed by atoms with Crippen molar-refractivity contribution in [3.8, 4) is 0 Å². The number of nitrogens with one attached hydrogen (secondary N) is 1. The molecule has 0 fully saturated rings. The molecule has 2 aliphatic heterocycles. The van der Waals surface area contributed by atoms with Gasteiger partial charge in [0.05, 0.1) is 23.4 Å². The summed E-state index contributed by atoms with van der Waals surface area (Å²) in [6.45, 7) is 0. The van der Waals surface area contributed by atoms with Gasteiger partial charge in [0.15, 0.2) is 0 Å². The maximum atomic E-state index is 7.00. The second-order valence-corrected chi connectivity index (χ2v) is 16.9. The SMILES string of the molecule is CN1C2=C([CH-]C(c3cn(C)c4c3[n-]c[n+]4C)C=C2)N(c2[c-]c3c4c(ccc3o2)Nc2ccccc2N4[PH+](c2ccccc2)c2ccccc2)C2=C1CCC=C2.[Pt]. The van der Waals surface area contributed by atoms with E-state index in [1.165, 1.54) is 21.9 Å². The van der Waals surface area contributed by atoms with Gasteiger partial charge >= 0.3 is 0 Å². The zero-order chi connectivity index (χ0) is 36.8. The van der Waals surface area contributed by atoms with E-state index in [1.807, 2.05) is 6.33 Å². The molecule has 4 aromatic carbocycles. The van der Waals surface area contributed by atoms with Crippen molar-refractivity contribution in [1.82, 2.24) is 14.5 Å². The monoisotopic (exact) mass is 931 g/mol. The Morgan fingerprint density at radius 1 is 0.893 bits per heavy atom. The number of aryl methyl sites for hydroxylation is 2. The molecular weight excluding hydrogens is 893 g/mol. The van der Waals surface area contributed by atoms with Gasteiger partial charge in [0, 0.05) is 64.0 Å². The van der Waals surface area contributed by atoms with Gasteiger partial charge < -0.3 is 28.7 Å². The Labute approximate surface area is 341 Å². The zero-order valence-electron chi connectivity index (χ0n) is 31.2. The smallest absolute Gasteiger partial charge is 0.149 e. The Kier molecular flexibility index (Phi) is 8.39. The van der Waals surface area contributed by atoms with Gasteiger partial charge in [0.2, 0.25) is 0 Å². The van der Waals surface area contributed by atoms with Crippen LogP contribution in [0.15, 0.2) is 161 Å². The van der Waals surface area contributed by atoms with Crippen LogP contribution >= 0.6 is 8.07 Å². The van der Waals surface area contributed by atoms with E-state index < -0.39 is 8.07 Å². The van der Waals surface area contributed by atoms with Crippen molar-refractivity contribution in [1.29, 1.82) is 0 Å². The van der Waals surface area contributed by atoms with Crippen molar-refractivity contribution in [2.75, 3.05) is 21.9 Å². The molecule has 3 aromatic heterocycles. The van der Waals surface area contributed by atoms with E-state index in [-0.39, 0.29) is 27.0 Å². The van der Waals surface area contributed by atoms with E-state index in [0.717, 1.165) is 74.8 Å². The normalized spacial score (nSPS) is 17.1. The Bertz CT molecular complexity index is 2750. The minimum Gasteiger partial charge on any atom is -0.512 e. The molecule has 5 heterocycles. The fraction of sp³-hybridized carbons (Fsp3) is 0.130. The third-order valence-corrected chi connectivity index (χ3v) is 14.0. The number of nitrogens with zero attached hydrogens (tertiary/aromatic N) is 6. The molecule has 1 unspecified atom stereocenters. The summed E-state index contributed by atoms with van der Waals surface area (Å²) in [4.78, 5) is 9.48. The van der Waals surface area contributed by atoms with Gasteiger partial charge in [-0.25, -0.2) is 4.98 Å². The average Bonchev–Trinajstić information content (AvgIpc) is 3.93. The Morgan fingerprint density at radius 2 is 1.64 bits per heavy atom. The number of fused-ring (bicyclic) bond motifs is 5. The number of benzene rings is 4. The van der Waals surface area contributed by atoms with Crippen LogP contribution in [0.2, 0.25) is 0 Å². The summed E-state index contributed by atoms with van der Waals surface area (Å²) in [5.41, 5.74) is 13.1. The van der Waals surface area contributed by atoms with Crippen molar-refractivity contribution in [3.05, 3.63) is 175 Å². The Balaban J connectivity index is 0.00000384. The molecule has 1 N–H and O–H groups in total. The zero-order valence-corrected chi connectivity index (χ0v) is 34.5. The first-order chi connectivity index (χ1) is 27.0. The average molecular weight is 932 g/mol. The maximum Gasteiger partial charge on any atom is 0.149 e. The van der Waals surface area contributed by atoms with E-state index in [9.17, 15) is 0 Å². The largest absolute Gasteiger partial charge is 0.512 e. The van der Waals surface area contributed by atoms with Gasteiger partial charge in [0.1, 0.15) is 35.7 Å². The number of anilines is 5. The number of likely N-dealkylation sites (N-methyl/N-ethyl adjacent to an activating group) is 1. The molecule has 10 heteroatoms. The molecule has 280 valence electrons. The van der Waals surface area contributed by atoms with Gasteiger partial charge in [-0.2, -0.15) is 6.42 Å². The summed E-state index contributed by atoms with van der Waals surface area (Å²) in [6.07, 6.45) is 17.5. The number of hydrogen-bond donors (Lipinski definition) is 1. The Hall–Kier alpha value is -5.68. The van der Waals surface area contributed by atoms with E-state index in [2.05, 4.69) is 190 Å². The van der Waals surface area contributed by atoms with E-state index >= 15 is 0 Å². The molecule has 4 aliphatic rings. The molecule has 2 aliphatic carbocycles. The maximum absolute atomic E-state index is 7.00. The predicted molar refractivity (Wildman–Crippen MR) is 224 cm³/mol. The standard InChI is InChI=1S/C46H38N7OP.Pt/c1-49-28-34(44-46(49)50(2)29-47-44)30-22-24-39-41(26-30)52(40-21-13-12-20-38(40)51(39)3)43-27-33-42(54-43)25-23-36-45(33)53(37-19-11-10-18-35(37)48-36)55(31-14-6-4-7-15-31)32-16-8-5-9-17-32;/h4-11,13-19,21-26,28-30,48H,12,20H2,1-3H3;/q-2;/p+1. The molecule has 0 amide bonds. The first-order valence-corrected chi connectivity index (χ1v) is 20.3. The second-order valence-electron chi connectivity index (χ2n) is 14.6. The first-order valence-electron chi connectivity index (χ1n) is 18.8. The number of imidazole rings is 1. The molecule has 8 nitrogen and oxygen atoms in total. The van der Waals surface area contributed by atoms with Crippen LogP contribution in [0, 0.1) is 12.5 Å². The molecular formula is C46H39N7OPPt-. The molecule has 0 saturated heterocycles.